The molecule has 7 nitrogen and oxygen atoms in total. The zero-order chi connectivity index (χ0) is 26.5. The Morgan fingerprint density at radius 2 is 1.30 bits per heavy atom. The minimum Gasteiger partial charge on any atom is -0.314 e. The fourth-order valence-corrected chi connectivity index (χ4v) is 5.28. The molecular weight excluding hydrogens is 494 g/mol. The van der Waals surface area contributed by atoms with Gasteiger partial charge in [0.15, 0.2) is 11.5 Å². The van der Waals surface area contributed by atoms with Crippen molar-refractivity contribution in [2.45, 2.75) is 0 Å². The Hall–Kier alpha value is -5.69. The van der Waals surface area contributed by atoms with Crippen molar-refractivity contribution in [1.29, 1.82) is 0 Å². The van der Waals surface area contributed by atoms with E-state index >= 15 is 0 Å². The van der Waals surface area contributed by atoms with Crippen molar-refractivity contribution in [3.8, 4) is 39.6 Å². The molecule has 0 aliphatic rings. The highest BCUT2D eigenvalue weighted by atomic mass is 15.3. The standard InChI is InChI=1S/C33H21N7/c1-3-8-22(9-4-1)27-20-28(23-10-5-2-6-11-23)38-32(37-27)24-13-15-25(16-14-24)39-19-17-26-31(39)30-29(12-7-18-34-30)40-33(26)35-21-36-40/h1-21H. The van der Waals surface area contributed by atoms with Crippen LogP contribution in [0.2, 0.25) is 0 Å². The van der Waals surface area contributed by atoms with Crippen LogP contribution in [0.1, 0.15) is 0 Å². The van der Waals surface area contributed by atoms with Gasteiger partial charge in [-0.3, -0.25) is 4.98 Å². The van der Waals surface area contributed by atoms with Crippen molar-refractivity contribution in [3.05, 3.63) is 128 Å². The van der Waals surface area contributed by atoms with Crippen molar-refractivity contribution < 1.29 is 0 Å². The maximum absolute atomic E-state index is 4.97. The number of pyridine rings is 2. The van der Waals surface area contributed by atoms with Gasteiger partial charge in [0, 0.05) is 40.2 Å². The summed E-state index contributed by atoms with van der Waals surface area (Å²) in [6, 6.07) is 36.8. The van der Waals surface area contributed by atoms with Crippen molar-refractivity contribution in [1.82, 2.24) is 34.1 Å². The number of aromatic nitrogens is 7. The van der Waals surface area contributed by atoms with Crippen LogP contribution in [0.25, 0.3) is 67.2 Å². The van der Waals surface area contributed by atoms with Crippen LogP contribution in [-0.2, 0) is 0 Å². The molecular formula is C33H21N7. The van der Waals surface area contributed by atoms with E-state index in [0.29, 0.717) is 5.82 Å². The van der Waals surface area contributed by atoms with E-state index < -0.39 is 0 Å². The second-order valence-electron chi connectivity index (χ2n) is 9.56. The second kappa shape index (κ2) is 8.96. The first-order chi connectivity index (χ1) is 19.8. The highest BCUT2D eigenvalue weighted by molar-refractivity contribution is 6.08. The molecule has 3 aromatic carbocycles. The lowest BCUT2D eigenvalue weighted by Gasteiger charge is -2.11. The predicted molar refractivity (Wildman–Crippen MR) is 157 cm³/mol. The first-order valence-electron chi connectivity index (χ1n) is 13.0. The van der Waals surface area contributed by atoms with Gasteiger partial charge in [0.25, 0.3) is 0 Å². The number of rotatable bonds is 4. The molecule has 0 aliphatic carbocycles. The number of hydrogen-bond acceptors (Lipinski definition) is 5. The van der Waals surface area contributed by atoms with Crippen LogP contribution in [0, 0.1) is 0 Å². The molecule has 188 valence electrons. The zero-order valence-corrected chi connectivity index (χ0v) is 21.3. The second-order valence-corrected chi connectivity index (χ2v) is 9.56. The molecule has 0 saturated carbocycles. The molecule has 0 unspecified atom stereocenters. The van der Waals surface area contributed by atoms with Crippen LogP contribution in [-0.4, -0.2) is 34.1 Å². The summed E-state index contributed by atoms with van der Waals surface area (Å²) in [5.74, 6) is 0.682. The van der Waals surface area contributed by atoms with Gasteiger partial charge in [0.1, 0.15) is 11.8 Å². The topological polar surface area (TPSA) is 73.8 Å². The zero-order valence-electron chi connectivity index (χ0n) is 21.3. The third kappa shape index (κ3) is 3.56. The summed E-state index contributed by atoms with van der Waals surface area (Å²) in [5.41, 5.74) is 9.43. The van der Waals surface area contributed by atoms with Crippen LogP contribution in [0.5, 0.6) is 0 Å². The normalized spacial score (nSPS) is 11.5. The summed E-state index contributed by atoms with van der Waals surface area (Å²) in [5, 5.41) is 5.42. The molecule has 0 atom stereocenters. The average Bonchev–Trinajstić information content (AvgIpc) is 3.70. The van der Waals surface area contributed by atoms with Crippen LogP contribution in [0.15, 0.2) is 128 Å². The lowest BCUT2D eigenvalue weighted by atomic mass is 10.1. The summed E-state index contributed by atoms with van der Waals surface area (Å²) in [7, 11) is 0. The number of fused-ring (bicyclic) bond motifs is 6. The Kier molecular flexibility index (Phi) is 4.99. The molecule has 5 heterocycles. The van der Waals surface area contributed by atoms with Crippen molar-refractivity contribution in [2.75, 3.05) is 0 Å². The van der Waals surface area contributed by atoms with Gasteiger partial charge in [-0.15, -0.1) is 0 Å². The molecule has 8 rings (SSSR count). The van der Waals surface area contributed by atoms with Gasteiger partial charge in [-0.2, -0.15) is 5.10 Å². The summed E-state index contributed by atoms with van der Waals surface area (Å²) in [4.78, 5) is 19.2. The molecule has 0 bridgehead atoms. The minimum absolute atomic E-state index is 0.682. The molecule has 5 aromatic heterocycles. The van der Waals surface area contributed by atoms with Gasteiger partial charge < -0.3 is 4.57 Å². The Bertz CT molecular complexity index is 2090. The Morgan fingerprint density at radius 3 is 2.00 bits per heavy atom. The van der Waals surface area contributed by atoms with Crippen molar-refractivity contribution in [2.24, 2.45) is 0 Å². The highest BCUT2D eigenvalue weighted by Crippen LogP contribution is 2.31. The van der Waals surface area contributed by atoms with E-state index in [9.17, 15) is 0 Å². The molecule has 0 aliphatic heterocycles. The smallest absolute Gasteiger partial charge is 0.165 e. The van der Waals surface area contributed by atoms with Gasteiger partial charge in [-0.1, -0.05) is 60.7 Å². The summed E-state index contributed by atoms with van der Waals surface area (Å²) in [6.07, 6.45) is 5.45. The maximum Gasteiger partial charge on any atom is 0.165 e. The van der Waals surface area contributed by atoms with E-state index in [0.717, 1.165) is 61.3 Å². The fourth-order valence-electron chi connectivity index (χ4n) is 5.28. The molecule has 0 fully saturated rings. The minimum atomic E-state index is 0.682. The molecule has 0 saturated heterocycles. The van der Waals surface area contributed by atoms with E-state index in [1.54, 1.807) is 6.33 Å². The fraction of sp³-hybridized carbons (Fsp3) is 0. The van der Waals surface area contributed by atoms with Crippen LogP contribution >= 0.6 is 0 Å². The molecule has 0 amide bonds. The maximum atomic E-state index is 4.97. The molecule has 0 N–H and O–H groups in total. The lowest BCUT2D eigenvalue weighted by Crippen LogP contribution is -1.99. The Balaban J connectivity index is 1.27. The van der Waals surface area contributed by atoms with E-state index in [1.807, 2.05) is 59.2 Å². The number of benzene rings is 3. The largest absolute Gasteiger partial charge is 0.314 e. The van der Waals surface area contributed by atoms with E-state index in [1.165, 1.54) is 0 Å². The quantitative estimate of drug-likeness (QED) is 0.252. The number of nitrogens with zero attached hydrogens (tertiary/aromatic N) is 7. The third-order valence-corrected chi connectivity index (χ3v) is 7.18. The Morgan fingerprint density at radius 1 is 0.600 bits per heavy atom. The number of hydrogen-bond donors (Lipinski definition) is 0. The van der Waals surface area contributed by atoms with Crippen molar-refractivity contribution >= 4 is 27.6 Å². The van der Waals surface area contributed by atoms with Crippen LogP contribution < -0.4 is 0 Å². The van der Waals surface area contributed by atoms with Gasteiger partial charge in [0.05, 0.1) is 22.4 Å². The van der Waals surface area contributed by atoms with E-state index in [-0.39, 0.29) is 0 Å². The van der Waals surface area contributed by atoms with Gasteiger partial charge >= 0.3 is 0 Å². The Labute approximate surface area is 229 Å². The first-order valence-corrected chi connectivity index (χ1v) is 13.0. The molecule has 7 heteroatoms. The first kappa shape index (κ1) is 22.3. The predicted octanol–water partition coefficient (Wildman–Crippen LogP) is 7.01. The van der Waals surface area contributed by atoms with Crippen LogP contribution in [0.4, 0.5) is 0 Å². The molecule has 0 radical (unpaired) electrons. The molecule has 8 aromatic rings. The molecule has 40 heavy (non-hydrogen) atoms. The summed E-state index contributed by atoms with van der Waals surface area (Å²) < 4.78 is 4.00. The van der Waals surface area contributed by atoms with E-state index in [4.69, 9.17) is 15.0 Å². The van der Waals surface area contributed by atoms with Gasteiger partial charge in [-0.25, -0.2) is 19.5 Å². The molecule has 0 spiro atoms. The monoisotopic (exact) mass is 515 g/mol. The summed E-state index contributed by atoms with van der Waals surface area (Å²) in [6.45, 7) is 0. The SMILES string of the molecule is c1ccc(-c2cc(-c3ccccc3)nc(-c3ccc(-n4ccc5c4c4ncccc4n4ncnc54)cc3)n2)cc1. The van der Waals surface area contributed by atoms with Gasteiger partial charge in [-0.05, 0) is 48.5 Å². The van der Waals surface area contributed by atoms with E-state index in [2.05, 4.69) is 81.5 Å². The van der Waals surface area contributed by atoms with Crippen molar-refractivity contribution in [3.63, 3.8) is 0 Å². The highest BCUT2D eigenvalue weighted by Gasteiger charge is 2.16. The lowest BCUT2D eigenvalue weighted by molar-refractivity contribution is 1.00. The average molecular weight is 516 g/mol. The van der Waals surface area contributed by atoms with Crippen LogP contribution in [0.3, 0.4) is 0 Å². The third-order valence-electron chi connectivity index (χ3n) is 7.18. The van der Waals surface area contributed by atoms with Gasteiger partial charge in [0.2, 0.25) is 0 Å². The summed E-state index contributed by atoms with van der Waals surface area (Å²) >= 11 is 0.